The standard InChI is InChI=1S/C19H20N2O4S2/c22-17(12-5-2-1-3-6-12)21-19-16(14-7-4-8-15(14)26-19)18(23)20-13-9-10-27(24,25)11-13/h1-3,5-6,13H,4,7-11H2,(H,20,23)(H,21,22). The van der Waals surface area contributed by atoms with E-state index in [0.717, 1.165) is 29.7 Å². The van der Waals surface area contributed by atoms with Crippen molar-refractivity contribution in [3.63, 3.8) is 0 Å². The topological polar surface area (TPSA) is 92.3 Å². The van der Waals surface area contributed by atoms with Crippen LogP contribution in [0, 0.1) is 0 Å². The lowest BCUT2D eigenvalue weighted by atomic mass is 10.1. The van der Waals surface area contributed by atoms with Gasteiger partial charge in [0, 0.05) is 16.5 Å². The quantitative estimate of drug-likeness (QED) is 0.818. The lowest BCUT2D eigenvalue weighted by Gasteiger charge is -2.13. The molecular formula is C19H20N2O4S2. The fourth-order valence-electron chi connectivity index (χ4n) is 3.66. The number of hydrogen-bond donors (Lipinski definition) is 2. The molecule has 1 aliphatic carbocycles. The third-order valence-corrected chi connectivity index (χ3v) is 7.95. The Hall–Kier alpha value is -2.19. The Morgan fingerprint density at radius 1 is 1.07 bits per heavy atom. The average Bonchev–Trinajstić information content (AvgIpc) is 3.29. The van der Waals surface area contributed by atoms with Crippen LogP contribution in [0.1, 0.15) is 44.0 Å². The smallest absolute Gasteiger partial charge is 0.256 e. The van der Waals surface area contributed by atoms with Crippen LogP contribution >= 0.6 is 11.3 Å². The van der Waals surface area contributed by atoms with Crippen molar-refractivity contribution in [2.24, 2.45) is 0 Å². The number of carbonyl (C=O) groups excluding carboxylic acids is 2. The molecular weight excluding hydrogens is 384 g/mol. The van der Waals surface area contributed by atoms with Crippen LogP contribution in [0.5, 0.6) is 0 Å². The van der Waals surface area contributed by atoms with Crippen molar-refractivity contribution < 1.29 is 18.0 Å². The number of anilines is 1. The monoisotopic (exact) mass is 404 g/mol. The fraction of sp³-hybridized carbons (Fsp3) is 0.368. The van der Waals surface area contributed by atoms with Gasteiger partial charge in [-0.3, -0.25) is 9.59 Å². The minimum atomic E-state index is -3.07. The van der Waals surface area contributed by atoms with Gasteiger partial charge in [0.2, 0.25) is 0 Å². The molecule has 2 heterocycles. The molecule has 4 rings (SSSR count). The van der Waals surface area contributed by atoms with E-state index in [1.807, 2.05) is 6.07 Å². The number of carbonyl (C=O) groups is 2. The van der Waals surface area contributed by atoms with Crippen molar-refractivity contribution in [2.45, 2.75) is 31.7 Å². The van der Waals surface area contributed by atoms with E-state index in [1.165, 1.54) is 11.3 Å². The summed E-state index contributed by atoms with van der Waals surface area (Å²) in [6, 6.07) is 8.50. The minimum absolute atomic E-state index is 0.0171. The highest BCUT2D eigenvalue weighted by Gasteiger charge is 2.32. The number of benzene rings is 1. The van der Waals surface area contributed by atoms with E-state index in [9.17, 15) is 18.0 Å². The maximum Gasteiger partial charge on any atom is 0.256 e. The molecule has 2 N–H and O–H groups in total. The lowest BCUT2D eigenvalue weighted by molar-refractivity contribution is 0.0941. The normalized spacial score (nSPS) is 20.2. The second-order valence-electron chi connectivity index (χ2n) is 6.96. The predicted octanol–water partition coefficient (Wildman–Crippen LogP) is 2.41. The molecule has 0 saturated carbocycles. The van der Waals surface area contributed by atoms with Crippen LogP contribution in [-0.4, -0.2) is 37.8 Å². The Labute approximate surface area is 161 Å². The summed E-state index contributed by atoms with van der Waals surface area (Å²) in [6.45, 7) is 0. The fourth-order valence-corrected chi connectivity index (χ4v) is 6.62. The first-order chi connectivity index (χ1) is 12.9. The molecule has 1 aromatic carbocycles. The Morgan fingerprint density at radius 3 is 2.56 bits per heavy atom. The summed E-state index contributed by atoms with van der Waals surface area (Å²) in [4.78, 5) is 26.6. The Bertz CT molecular complexity index is 996. The highest BCUT2D eigenvalue weighted by molar-refractivity contribution is 7.91. The van der Waals surface area contributed by atoms with Gasteiger partial charge in [-0.2, -0.15) is 0 Å². The number of nitrogens with one attached hydrogen (secondary N) is 2. The molecule has 27 heavy (non-hydrogen) atoms. The van der Waals surface area contributed by atoms with Crippen LogP contribution in [0.15, 0.2) is 30.3 Å². The average molecular weight is 405 g/mol. The molecule has 2 amide bonds. The number of fused-ring (bicyclic) bond motifs is 1. The van der Waals surface area contributed by atoms with Crippen LogP contribution in [0.2, 0.25) is 0 Å². The van der Waals surface area contributed by atoms with Crippen molar-refractivity contribution in [3.05, 3.63) is 51.9 Å². The van der Waals surface area contributed by atoms with Crippen molar-refractivity contribution in [2.75, 3.05) is 16.8 Å². The number of amides is 2. The number of aryl methyl sites for hydroxylation is 1. The van der Waals surface area contributed by atoms with E-state index in [2.05, 4.69) is 10.6 Å². The predicted molar refractivity (Wildman–Crippen MR) is 105 cm³/mol. The summed E-state index contributed by atoms with van der Waals surface area (Å²) in [5.74, 6) is -0.457. The first kappa shape index (κ1) is 18.2. The Balaban J connectivity index is 1.58. The highest BCUT2D eigenvalue weighted by Crippen LogP contribution is 2.39. The number of hydrogen-bond acceptors (Lipinski definition) is 5. The van der Waals surface area contributed by atoms with Gasteiger partial charge < -0.3 is 10.6 Å². The zero-order valence-electron chi connectivity index (χ0n) is 14.7. The third-order valence-electron chi connectivity index (χ3n) is 4.98. The lowest BCUT2D eigenvalue weighted by Crippen LogP contribution is -2.36. The van der Waals surface area contributed by atoms with E-state index in [0.29, 0.717) is 22.5 Å². The van der Waals surface area contributed by atoms with E-state index in [1.54, 1.807) is 24.3 Å². The summed E-state index contributed by atoms with van der Waals surface area (Å²) >= 11 is 1.45. The van der Waals surface area contributed by atoms with Gasteiger partial charge in [-0.1, -0.05) is 18.2 Å². The third kappa shape index (κ3) is 3.77. The Morgan fingerprint density at radius 2 is 1.85 bits per heavy atom. The SMILES string of the molecule is O=C(Nc1sc2c(c1C(=O)NC1CCS(=O)(=O)C1)CCC2)c1ccccc1. The second-order valence-corrected chi connectivity index (χ2v) is 10.3. The van der Waals surface area contributed by atoms with Crippen molar-refractivity contribution in [1.82, 2.24) is 5.32 Å². The van der Waals surface area contributed by atoms with Gasteiger partial charge in [-0.25, -0.2) is 8.42 Å². The van der Waals surface area contributed by atoms with Gasteiger partial charge in [0.15, 0.2) is 9.84 Å². The van der Waals surface area contributed by atoms with E-state index >= 15 is 0 Å². The molecule has 142 valence electrons. The van der Waals surface area contributed by atoms with Gasteiger partial charge in [0.1, 0.15) is 5.00 Å². The van der Waals surface area contributed by atoms with E-state index in [-0.39, 0.29) is 29.4 Å². The molecule has 1 aromatic heterocycles. The number of thiophene rings is 1. The summed E-state index contributed by atoms with van der Waals surface area (Å²) in [6.07, 6.45) is 3.14. The molecule has 2 aliphatic rings. The molecule has 1 fully saturated rings. The van der Waals surface area contributed by atoms with Gasteiger partial charge in [0.25, 0.3) is 11.8 Å². The molecule has 0 radical (unpaired) electrons. The largest absolute Gasteiger partial charge is 0.348 e. The zero-order chi connectivity index (χ0) is 19.0. The number of rotatable bonds is 4. The Kier molecular flexibility index (Phi) is 4.77. The van der Waals surface area contributed by atoms with Crippen molar-refractivity contribution in [1.29, 1.82) is 0 Å². The number of sulfone groups is 1. The molecule has 1 unspecified atom stereocenters. The van der Waals surface area contributed by atoms with Gasteiger partial charge >= 0.3 is 0 Å². The van der Waals surface area contributed by atoms with Crippen LogP contribution in [0.4, 0.5) is 5.00 Å². The first-order valence-corrected chi connectivity index (χ1v) is 11.6. The summed E-state index contributed by atoms with van der Waals surface area (Å²) in [5, 5.41) is 6.28. The molecule has 0 spiro atoms. The molecule has 1 saturated heterocycles. The summed E-state index contributed by atoms with van der Waals surface area (Å²) in [7, 11) is -3.07. The minimum Gasteiger partial charge on any atom is -0.348 e. The van der Waals surface area contributed by atoms with Gasteiger partial charge in [-0.05, 0) is 43.4 Å². The molecule has 1 atom stereocenters. The molecule has 6 nitrogen and oxygen atoms in total. The van der Waals surface area contributed by atoms with Crippen molar-refractivity contribution in [3.8, 4) is 0 Å². The van der Waals surface area contributed by atoms with Crippen LogP contribution < -0.4 is 10.6 Å². The first-order valence-electron chi connectivity index (χ1n) is 8.95. The van der Waals surface area contributed by atoms with Gasteiger partial charge in [-0.15, -0.1) is 11.3 Å². The molecule has 2 aromatic rings. The van der Waals surface area contributed by atoms with Crippen molar-refractivity contribution >= 4 is 38.0 Å². The zero-order valence-corrected chi connectivity index (χ0v) is 16.3. The maximum atomic E-state index is 12.9. The van der Waals surface area contributed by atoms with Crippen LogP contribution in [0.25, 0.3) is 0 Å². The second kappa shape index (κ2) is 7.09. The summed E-state index contributed by atoms with van der Waals surface area (Å²) < 4.78 is 23.3. The molecule has 1 aliphatic heterocycles. The van der Waals surface area contributed by atoms with E-state index in [4.69, 9.17) is 0 Å². The molecule has 8 heteroatoms. The van der Waals surface area contributed by atoms with Crippen LogP contribution in [0.3, 0.4) is 0 Å². The highest BCUT2D eigenvalue weighted by atomic mass is 32.2. The van der Waals surface area contributed by atoms with E-state index < -0.39 is 9.84 Å². The van der Waals surface area contributed by atoms with Crippen LogP contribution in [-0.2, 0) is 22.7 Å². The summed E-state index contributed by atoms with van der Waals surface area (Å²) in [5.41, 5.74) is 2.02. The molecule has 0 bridgehead atoms. The van der Waals surface area contributed by atoms with Gasteiger partial charge in [0.05, 0.1) is 17.1 Å². The maximum absolute atomic E-state index is 12.9.